The molecule has 0 saturated carbocycles. The number of aromatic nitrogens is 6. The van der Waals surface area contributed by atoms with Gasteiger partial charge in [0.1, 0.15) is 0 Å². The summed E-state index contributed by atoms with van der Waals surface area (Å²) in [6, 6.07) is 15.4. The van der Waals surface area contributed by atoms with Crippen LogP contribution < -0.4 is 0 Å². The highest BCUT2D eigenvalue weighted by Gasteiger charge is 2.12. The molecular weight excluding hydrogens is 340 g/mol. The molecule has 7 nitrogen and oxygen atoms in total. The molecule has 0 bridgehead atoms. The Labute approximate surface area is 154 Å². The van der Waals surface area contributed by atoms with Crippen molar-refractivity contribution in [3.05, 3.63) is 67.1 Å². The van der Waals surface area contributed by atoms with Crippen molar-refractivity contribution in [2.24, 2.45) is 7.05 Å². The molecule has 2 aromatic carbocycles. The van der Waals surface area contributed by atoms with Crippen molar-refractivity contribution in [1.29, 1.82) is 0 Å². The summed E-state index contributed by atoms with van der Waals surface area (Å²) in [5, 5.41) is 12.5. The van der Waals surface area contributed by atoms with E-state index in [0.717, 1.165) is 33.4 Å². The smallest absolute Gasteiger partial charge is 0.248 e. The van der Waals surface area contributed by atoms with Crippen molar-refractivity contribution in [2.75, 3.05) is 0 Å². The molecule has 0 aliphatic heterocycles. The molecule has 0 saturated heterocycles. The molecule has 0 spiro atoms. The second-order valence-corrected chi connectivity index (χ2v) is 6.14. The second kappa shape index (κ2) is 6.14. The summed E-state index contributed by atoms with van der Waals surface area (Å²) in [5.74, 6) is 0.935. The van der Waals surface area contributed by atoms with E-state index in [0.29, 0.717) is 11.8 Å². The molecule has 0 aliphatic carbocycles. The molecule has 7 heteroatoms. The molecule has 5 rings (SSSR count). The van der Waals surface area contributed by atoms with Crippen molar-refractivity contribution in [2.45, 2.75) is 0 Å². The van der Waals surface area contributed by atoms with Crippen LogP contribution in [-0.4, -0.2) is 29.9 Å². The lowest BCUT2D eigenvalue weighted by molar-refractivity contribution is 0.584. The Morgan fingerprint density at radius 3 is 2.41 bits per heavy atom. The monoisotopic (exact) mass is 354 g/mol. The first-order valence-corrected chi connectivity index (χ1v) is 8.41. The number of rotatable bonds is 3. The average Bonchev–Trinajstić information content (AvgIpc) is 3.37. The van der Waals surface area contributed by atoms with Crippen molar-refractivity contribution in [3.63, 3.8) is 0 Å². The molecule has 5 aromatic rings. The van der Waals surface area contributed by atoms with E-state index in [9.17, 15) is 0 Å². The van der Waals surface area contributed by atoms with Crippen molar-refractivity contribution >= 4 is 11.0 Å². The van der Waals surface area contributed by atoms with Gasteiger partial charge in [0, 0.05) is 29.9 Å². The first kappa shape index (κ1) is 15.4. The summed E-state index contributed by atoms with van der Waals surface area (Å²) >= 11 is 0. The number of fused-ring (bicyclic) bond motifs is 1. The zero-order valence-electron chi connectivity index (χ0n) is 14.4. The fraction of sp³-hybridized carbons (Fsp3) is 0.0500. The molecule has 0 N–H and O–H groups in total. The summed E-state index contributed by atoms with van der Waals surface area (Å²) in [5.41, 5.74) is 4.93. The van der Waals surface area contributed by atoms with Crippen LogP contribution in [0.5, 0.6) is 0 Å². The molecule has 130 valence electrons. The molecule has 0 amide bonds. The predicted molar refractivity (Wildman–Crippen MR) is 100 cm³/mol. The molecule has 0 unspecified atom stereocenters. The van der Waals surface area contributed by atoms with Crippen molar-refractivity contribution in [3.8, 4) is 34.2 Å². The van der Waals surface area contributed by atoms with Crippen molar-refractivity contribution in [1.82, 2.24) is 29.9 Å². The van der Waals surface area contributed by atoms with Crippen LogP contribution >= 0.6 is 0 Å². The molecule has 0 atom stereocenters. The van der Waals surface area contributed by atoms with Gasteiger partial charge in [0.15, 0.2) is 0 Å². The Bertz CT molecular complexity index is 1240. The number of hydrogen-bond acceptors (Lipinski definition) is 6. The van der Waals surface area contributed by atoms with Gasteiger partial charge in [-0.3, -0.25) is 9.67 Å². The Morgan fingerprint density at radius 1 is 0.815 bits per heavy atom. The first-order chi connectivity index (χ1) is 13.3. The summed E-state index contributed by atoms with van der Waals surface area (Å²) in [6.45, 7) is 0. The van der Waals surface area contributed by atoms with Crippen LogP contribution in [0.4, 0.5) is 0 Å². The van der Waals surface area contributed by atoms with Crippen LogP contribution in [0.25, 0.3) is 45.2 Å². The standard InChI is InChI=1S/C20H14N6O/c1-26-12-15(10-22-26)18-11-21-16-8-7-14(9-17(16)23-18)20-25-24-19(27-20)13-5-3-2-4-6-13/h2-12H,1H3. The lowest BCUT2D eigenvalue weighted by Gasteiger charge is -2.02. The number of nitrogens with zero attached hydrogens (tertiary/aromatic N) is 6. The third-order valence-corrected chi connectivity index (χ3v) is 4.24. The van der Waals surface area contributed by atoms with E-state index in [1.165, 1.54) is 0 Å². The fourth-order valence-electron chi connectivity index (χ4n) is 2.87. The highest BCUT2D eigenvalue weighted by atomic mass is 16.4. The molecular formula is C20H14N6O. The zero-order valence-corrected chi connectivity index (χ0v) is 14.4. The first-order valence-electron chi connectivity index (χ1n) is 8.41. The summed E-state index contributed by atoms with van der Waals surface area (Å²) in [7, 11) is 1.87. The Hall–Kier alpha value is -3.87. The van der Waals surface area contributed by atoms with E-state index in [1.54, 1.807) is 17.1 Å². The van der Waals surface area contributed by atoms with Crippen LogP contribution in [0, 0.1) is 0 Å². The average molecular weight is 354 g/mol. The number of hydrogen-bond donors (Lipinski definition) is 0. The third kappa shape index (κ3) is 2.85. The lowest BCUT2D eigenvalue weighted by Crippen LogP contribution is -1.89. The van der Waals surface area contributed by atoms with Gasteiger partial charge in [-0.15, -0.1) is 10.2 Å². The van der Waals surface area contributed by atoms with Crippen molar-refractivity contribution < 1.29 is 4.42 Å². The summed E-state index contributed by atoms with van der Waals surface area (Å²) in [4.78, 5) is 9.19. The van der Waals surface area contributed by atoms with Crippen LogP contribution in [-0.2, 0) is 7.05 Å². The van der Waals surface area contributed by atoms with E-state index in [2.05, 4.69) is 20.3 Å². The maximum atomic E-state index is 5.84. The fourth-order valence-corrected chi connectivity index (χ4v) is 2.87. The Kier molecular flexibility index (Phi) is 3.50. The summed E-state index contributed by atoms with van der Waals surface area (Å²) < 4.78 is 7.58. The van der Waals surface area contributed by atoms with Gasteiger partial charge in [0.25, 0.3) is 0 Å². The Balaban J connectivity index is 1.55. The van der Waals surface area contributed by atoms with Gasteiger partial charge in [-0.2, -0.15) is 5.10 Å². The van der Waals surface area contributed by atoms with Gasteiger partial charge in [-0.05, 0) is 30.3 Å². The molecule has 27 heavy (non-hydrogen) atoms. The Morgan fingerprint density at radius 2 is 1.63 bits per heavy atom. The van der Waals surface area contributed by atoms with Gasteiger partial charge in [-0.25, -0.2) is 4.98 Å². The summed E-state index contributed by atoms with van der Waals surface area (Å²) in [6.07, 6.45) is 5.42. The van der Waals surface area contributed by atoms with E-state index < -0.39 is 0 Å². The van der Waals surface area contributed by atoms with Gasteiger partial charge in [0.2, 0.25) is 11.8 Å². The van der Waals surface area contributed by atoms with Crippen LogP contribution in [0.1, 0.15) is 0 Å². The van der Waals surface area contributed by atoms with Crippen LogP contribution in [0.15, 0.2) is 71.5 Å². The molecule has 0 aliphatic rings. The molecule has 0 fully saturated rings. The minimum Gasteiger partial charge on any atom is -0.416 e. The largest absolute Gasteiger partial charge is 0.416 e. The second-order valence-electron chi connectivity index (χ2n) is 6.14. The molecule has 3 heterocycles. The minimum absolute atomic E-state index is 0.448. The third-order valence-electron chi connectivity index (χ3n) is 4.24. The normalized spacial score (nSPS) is 11.1. The molecule has 0 radical (unpaired) electrons. The van der Waals surface area contributed by atoms with Crippen LogP contribution in [0.2, 0.25) is 0 Å². The van der Waals surface area contributed by atoms with Gasteiger partial charge >= 0.3 is 0 Å². The SMILES string of the molecule is Cn1cc(-c2cnc3ccc(-c4nnc(-c5ccccc5)o4)cc3n2)cn1. The predicted octanol–water partition coefficient (Wildman–Crippen LogP) is 3.75. The molecule has 3 aromatic heterocycles. The van der Waals surface area contributed by atoms with Gasteiger partial charge in [-0.1, -0.05) is 18.2 Å². The van der Waals surface area contributed by atoms with E-state index >= 15 is 0 Å². The quantitative estimate of drug-likeness (QED) is 0.491. The van der Waals surface area contributed by atoms with E-state index in [-0.39, 0.29) is 0 Å². The maximum Gasteiger partial charge on any atom is 0.248 e. The van der Waals surface area contributed by atoms with Gasteiger partial charge in [0.05, 0.1) is 29.1 Å². The van der Waals surface area contributed by atoms with Gasteiger partial charge < -0.3 is 4.42 Å². The van der Waals surface area contributed by atoms with E-state index in [4.69, 9.17) is 9.40 Å². The highest BCUT2D eigenvalue weighted by Crippen LogP contribution is 2.26. The maximum absolute atomic E-state index is 5.84. The van der Waals surface area contributed by atoms with Crippen LogP contribution in [0.3, 0.4) is 0 Å². The topological polar surface area (TPSA) is 82.5 Å². The number of aryl methyl sites for hydroxylation is 1. The minimum atomic E-state index is 0.448. The lowest BCUT2D eigenvalue weighted by atomic mass is 10.2. The highest BCUT2D eigenvalue weighted by molar-refractivity contribution is 5.81. The van der Waals surface area contributed by atoms with E-state index in [1.807, 2.05) is 61.8 Å². The zero-order chi connectivity index (χ0) is 18.2. The number of benzene rings is 2.